The van der Waals surface area contributed by atoms with E-state index >= 15 is 0 Å². The van der Waals surface area contributed by atoms with Gasteiger partial charge in [0, 0.05) is 12.0 Å². The van der Waals surface area contributed by atoms with Gasteiger partial charge in [-0.05, 0) is 42.5 Å². The van der Waals surface area contributed by atoms with Crippen LogP contribution in [-0.4, -0.2) is 20.7 Å². The highest BCUT2D eigenvalue weighted by Crippen LogP contribution is 2.24. The lowest BCUT2D eigenvalue weighted by atomic mass is 9.97. The van der Waals surface area contributed by atoms with Gasteiger partial charge in [0.1, 0.15) is 0 Å². The van der Waals surface area contributed by atoms with Crippen LogP contribution in [0.25, 0.3) is 11.1 Å². The van der Waals surface area contributed by atoms with Crippen molar-refractivity contribution in [2.24, 2.45) is 0 Å². The summed E-state index contributed by atoms with van der Waals surface area (Å²) in [7, 11) is 0. The number of aromatic amines is 1. The van der Waals surface area contributed by atoms with Crippen LogP contribution in [-0.2, 0) is 17.6 Å². The third-order valence-electron chi connectivity index (χ3n) is 5.16. The Kier molecular flexibility index (Phi) is 7.96. The van der Waals surface area contributed by atoms with E-state index in [0.29, 0.717) is 29.7 Å². The maximum Gasteiger partial charge on any atom is 0.256 e. The molecule has 1 unspecified atom stereocenters. The molecule has 0 radical (unpaired) electrons. The van der Waals surface area contributed by atoms with E-state index in [-0.39, 0.29) is 17.4 Å². The fourth-order valence-corrected chi connectivity index (χ4v) is 3.51. The first-order valence-corrected chi connectivity index (χ1v) is 11.5. The number of carbonyl (C=O) groups is 1. The van der Waals surface area contributed by atoms with Gasteiger partial charge in [0.2, 0.25) is 11.9 Å². The molecule has 0 spiro atoms. The van der Waals surface area contributed by atoms with Gasteiger partial charge < -0.3 is 0 Å². The number of H-pyrrole nitrogens is 1. The fraction of sp³-hybridized carbons (Fsp3) is 0.280. The van der Waals surface area contributed by atoms with Crippen LogP contribution in [0.2, 0.25) is 0 Å². The number of carbonyl (C=O) groups excluding carboxylic acids is 1. The van der Waals surface area contributed by atoms with E-state index in [9.17, 15) is 14.9 Å². The lowest BCUT2D eigenvalue weighted by molar-refractivity contribution is -0.115. The minimum Gasteiger partial charge on any atom is -0.295 e. The number of aryl methyl sites for hydroxylation is 1. The SMILES string of the molecule is CCCCc1nc(NC(=O)C(C)Br)[nH]c(=O)c1Cc1ccc(-c2ccccc2C#N)cc1. The molecule has 7 heteroatoms. The summed E-state index contributed by atoms with van der Waals surface area (Å²) in [6, 6.07) is 17.6. The molecule has 3 aromatic rings. The first-order valence-electron chi connectivity index (χ1n) is 10.6. The van der Waals surface area contributed by atoms with Crippen molar-refractivity contribution in [2.45, 2.75) is 44.4 Å². The number of nitrogens with one attached hydrogen (secondary N) is 2. The van der Waals surface area contributed by atoms with Crippen LogP contribution in [0.15, 0.2) is 53.3 Å². The molecule has 32 heavy (non-hydrogen) atoms. The molecule has 6 nitrogen and oxygen atoms in total. The van der Waals surface area contributed by atoms with E-state index in [1.807, 2.05) is 42.5 Å². The van der Waals surface area contributed by atoms with Gasteiger partial charge in [-0.2, -0.15) is 5.26 Å². The van der Waals surface area contributed by atoms with Gasteiger partial charge in [-0.1, -0.05) is 71.7 Å². The maximum atomic E-state index is 12.9. The van der Waals surface area contributed by atoms with Crippen molar-refractivity contribution in [1.29, 1.82) is 5.26 Å². The predicted octanol–water partition coefficient (Wildman–Crippen LogP) is 4.96. The van der Waals surface area contributed by atoms with Crippen molar-refractivity contribution in [2.75, 3.05) is 5.32 Å². The third-order valence-corrected chi connectivity index (χ3v) is 5.58. The molecular weight excluding hydrogens is 468 g/mol. The van der Waals surface area contributed by atoms with Crippen molar-refractivity contribution in [3.63, 3.8) is 0 Å². The normalized spacial score (nSPS) is 11.6. The molecule has 1 heterocycles. The summed E-state index contributed by atoms with van der Waals surface area (Å²) < 4.78 is 0. The Bertz CT molecular complexity index is 1190. The van der Waals surface area contributed by atoms with Gasteiger partial charge in [-0.25, -0.2) is 4.98 Å². The number of nitriles is 1. The van der Waals surface area contributed by atoms with Crippen LogP contribution < -0.4 is 10.9 Å². The molecule has 1 atom stereocenters. The number of unbranched alkanes of at least 4 members (excludes halogenated alkanes) is 1. The number of rotatable bonds is 8. The Labute approximate surface area is 195 Å². The van der Waals surface area contributed by atoms with E-state index in [1.54, 1.807) is 13.0 Å². The molecule has 0 aliphatic heterocycles. The van der Waals surface area contributed by atoms with Gasteiger partial charge in [-0.3, -0.25) is 19.9 Å². The maximum absolute atomic E-state index is 12.9. The van der Waals surface area contributed by atoms with E-state index in [4.69, 9.17) is 0 Å². The van der Waals surface area contributed by atoms with Gasteiger partial charge in [0.05, 0.1) is 22.2 Å². The average Bonchev–Trinajstić information content (AvgIpc) is 2.80. The molecule has 2 N–H and O–H groups in total. The number of alkyl halides is 1. The highest BCUT2D eigenvalue weighted by molar-refractivity contribution is 9.10. The number of benzene rings is 2. The number of nitrogens with zero attached hydrogens (tertiary/aromatic N) is 2. The minimum atomic E-state index is -0.392. The number of hydrogen-bond donors (Lipinski definition) is 2. The van der Waals surface area contributed by atoms with Crippen molar-refractivity contribution in [1.82, 2.24) is 9.97 Å². The molecule has 0 aliphatic carbocycles. The molecular formula is C25H25BrN4O2. The molecule has 0 bridgehead atoms. The van der Waals surface area contributed by atoms with Crippen molar-refractivity contribution in [3.8, 4) is 17.2 Å². The molecule has 1 aromatic heterocycles. The molecule has 2 aromatic carbocycles. The highest BCUT2D eigenvalue weighted by Gasteiger charge is 2.15. The van der Waals surface area contributed by atoms with Crippen molar-refractivity contribution in [3.05, 3.63) is 81.3 Å². The van der Waals surface area contributed by atoms with Crippen LogP contribution in [0, 0.1) is 11.3 Å². The third kappa shape index (κ3) is 5.71. The summed E-state index contributed by atoms with van der Waals surface area (Å²) in [6.45, 7) is 3.79. The Morgan fingerprint density at radius 3 is 2.59 bits per heavy atom. The molecule has 1 amide bonds. The number of halogens is 1. The summed E-state index contributed by atoms with van der Waals surface area (Å²) in [5.41, 5.74) is 4.48. The molecule has 3 rings (SSSR count). The van der Waals surface area contributed by atoms with Gasteiger partial charge in [0.15, 0.2) is 0 Å². The summed E-state index contributed by atoms with van der Waals surface area (Å²) in [5.74, 6) is -0.0970. The molecule has 0 saturated heterocycles. The number of amides is 1. The molecule has 0 saturated carbocycles. The second-order valence-electron chi connectivity index (χ2n) is 7.58. The predicted molar refractivity (Wildman–Crippen MR) is 130 cm³/mol. The van der Waals surface area contributed by atoms with E-state index in [1.165, 1.54) is 0 Å². The van der Waals surface area contributed by atoms with Crippen LogP contribution in [0.1, 0.15) is 49.1 Å². The topological polar surface area (TPSA) is 98.6 Å². The number of anilines is 1. The van der Waals surface area contributed by atoms with Crippen molar-refractivity contribution < 1.29 is 4.79 Å². The number of hydrogen-bond acceptors (Lipinski definition) is 4. The smallest absolute Gasteiger partial charge is 0.256 e. The summed E-state index contributed by atoms with van der Waals surface area (Å²) >= 11 is 3.22. The van der Waals surface area contributed by atoms with Gasteiger partial charge in [-0.15, -0.1) is 0 Å². The van der Waals surface area contributed by atoms with E-state index in [0.717, 1.165) is 29.5 Å². The largest absolute Gasteiger partial charge is 0.295 e. The highest BCUT2D eigenvalue weighted by atomic mass is 79.9. The zero-order valence-corrected chi connectivity index (χ0v) is 19.7. The second-order valence-corrected chi connectivity index (χ2v) is 8.95. The fourth-order valence-electron chi connectivity index (χ4n) is 3.39. The number of aromatic nitrogens is 2. The van der Waals surface area contributed by atoms with Crippen LogP contribution >= 0.6 is 15.9 Å². The average molecular weight is 493 g/mol. The lowest BCUT2D eigenvalue weighted by Gasteiger charge is -2.12. The lowest BCUT2D eigenvalue weighted by Crippen LogP contribution is -2.26. The summed E-state index contributed by atoms with van der Waals surface area (Å²) in [6.07, 6.45) is 2.97. The Morgan fingerprint density at radius 2 is 1.94 bits per heavy atom. The van der Waals surface area contributed by atoms with Gasteiger partial charge >= 0.3 is 0 Å². The summed E-state index contributed by atoms with van der Waals surface area (Å²) in [5, 5.41) is 12.0. The van der Waals surface area contributed by atoms with E-state index < -0.39 is 4.83 Å². The zero-order chi connectivity index (χ0) is 23.1. The minimum absolute atomic E-state index is 0.171. The Hall–Kier alpha value is -3.24. The Balaban J connectivity index is 1.89. The van der Waals surface area contributed by atoms with Crippen molar-refractivity contribution >= 4 is 27.8 Å². The van der Waals surface area contributed by atoms with E-state index in [2.05, 4.69) is 44.2 Å². The zero-order valence-electron chi connectivity index (χ0n) is 18.1. The Morgan fingerprint density at radius 1 is 1.22 bits per heavy atom. The van der Waals surface area contributed by atoms with Crippen LogP contribution in [0.5, 0.6) is 0 Å². The summed E-state index contributed by atoms with van der Waals surface area (Å²) in [4.78, 5) is 31.7. The first-order chi connectivity index (χ1) is 15.4. The van der Waals surface area contributed by atoms with Gasteiger partial charge in [0.25, 0.3) is 5.56 Å². The molecule has 0 fully saturated rings. The molecule has 0 aliphatic rings. The van der Waals surface area contributed by atoms with Crippen LogP contribution in [0.4, 0.5) is 5.95 Å². The first kappa shape index (κ1) is 23.4. The second kappa shape index (κ2) is 10.9. The van der Waals surface area contributed by atoms with Crippen LogP contribution in [0.3, 0.4) is 0 Å². The quantitative estimate of drug-likeness (QED) is 0.433. The standard InChI is InChI=1S/C25H25BrN4O2/c1-3-4-9-22-21(24(32)30-25(28-22)29-23(31)16(2)26)14-17-10-12-18(13-11-17)20-8-6-5-7-19(20)15-27/h5-8,10-13,16H,3-4,9,14H2,1-2H3,(H2,28,29,30,31,32). The monoisotopic (exact) mass is 492 g/mol. The molecule has 164 valence electrons.